The maximum absolute atomic E-state index is 9.81. The highest BCUT2D eigenvalue weighted by Crippen LogP contribution is 1.98. The van der Waals surface area contributed by atoms with Gasteiger partial charge in [0, 0.05) is 33.3 Å². The fourth-order valence-corrected chi connectivity index (χ4v) is 0.713. The minimum Gasteiger partial charge on any atom is -0.394 e. The molecule has 0 amide bonds. The molecule has 5 heteroatoms. The number of anilines is 1. The summed E-state index contributed by atoms with van der Waals surface area (Å²) in [6.45, 7) is 2.36. The van der Waals surface area contributed by atoms with Crippen LogP contribution in [0.3, 0.4) is 0 Å². The van der Waals surface area contributed by atoms with E-state index in [9.17, 15) is 9.59 Å². The average molecular weight is 210 g/mol. The Hall–Kier alpha value is -1.91. The van der Waals surface area contributed by atoms with Gasteiger partial charge in [-0.05, 0) is 12.1 Å². The molecule has 0 aromatic carbocycles. The first kappa shape index (κ1) is 13.1. The van der Waals surface area contributed by atoms with Gasteiger partial charge in [-0.2, -0.15) is 0 Å². The third kappa shape index (κ3) is 8.42. The highest BCUT2D eigenvalue weighted by molar-refractivity contribution is 5.82. The molecule has 82 valence electrons. The molecule has 0 unspecified atom stereocenters. The van der Waals surface area contributed by atoms with E-state index in [1.165, 1.54) is 13.8 Å². The molecule has 1 rings (SSSR count). The van der Waals surface area contributed by atoms with Crippen molar-refractivity contribution in [2.24, 2.45) is 0 Å². The number of carbonyl (C=O) groups excluding carboxylic acids is 2. The molecule has 1 aromatic rings. The largest absolute Gasteiger partial charge is 0.394 e. The number of rotatable bonds is 1. The van der Waals surface area contributed by atoms with Crippen molar-refractivity contribution in [3.8, 4) is 0 Å². The molecule has 15 heavy (non-hydrogen) atoms. The van der Waals surface area contributed by atoms with Crippen LogP contribution in [0.4, 0.5) is 5.69 Å². The van der Waals surface area contributed by atoms with Crippen LogP contribution < -0.4 is 5.32 Å². The van der Waals surface area contributed by atoms with Crippen molar-refractivity contribution in [3.05, 3.63) is 24.5 Å². The molecule has 0 fully saturated rings. The van der Waals surface area contributed by atoms with Gasteiger partial charge in [-0.3, -0.25) is 14.6 Å². The molecule has 1 heterocycles. The van der Waals surface area contributed by atoms with Gasteiger partial charge in [0.25, 0.3) is 0 Å². The van der Waals surface area contributed by atoms with E-state index < -0.39 is 11.9 Å². The van der Waals surface area contributed by atoms with Crippen molar-refractivity contribution in [2.75, 3.05) is 12.4 Å². The smallest absolute Gasteiger partial charge is 0.310 e. The summed E-state index contributed by atoms with van der Waals surface area (Å²) in [6, 6.07) is 3.86. The third-order valence-electron chi connectivity index (χ3n) is 1.24. The Labute approximate surface area is 88.5 Å². The lowest BCUT2D eigenvalue weighted by atomic mass is 10.4. The number of nitrogens with one attached hydrogen (secondary N) is 1. The summed E-state index contributed by atoms with van der Waals surface area (Å²) in [4.78, 5) is 23.5. The minimum absolute atomic E-state index is 0.562. The Morgan fingerprint density at radius 3 is 2.13 bits per heavy atom. The number of hydrogen-bond acceptors (Lipinski definition) is 5. The van der Waals surface area contributed by atoms with Gasteiger partial charge in [-0.1, -0.05) is 0 Å². The summed E-state index contributed by atoms with van der Waals surface area (Å²) in [5, 5.41) is 2.96. The summed E-state index contributed by atoms with van der Waals surface area (Å²) >= 11 is 0. The molecule has 0 bridgehead atoms. The third-order valence-corrected chi connectivity index (χ3v) is 1.24. The van der Waals surface area contributed by atoms with Gasteiger partial charge in [-0.25, -0.2) is 0 Å². The van der Waals surface area contributed by atoms with Crippen molar-refractivity contribution in [2.45, 2.75) is 13.8 Å². The highest BCUT2D eigenvalue weighted by Gasteiger charge is 1.93. The number of aromatic nitrogens is 1. The topological polar surface area (TPSA) is 68.3 Å². The van der Waals surface area contributed by atoms with Gasteiger partial charge in [0.15, 0.2) is 0 Å². The van der Waals surface area contributed by atoms with E-state index in [4.69, 9.17) is 0 Å². The van der Waals surface area contributed by atoms with Crippen LogP contribution in [0.1, 0.15) is 13.8 Å². The fraction of sp³-hybridized carbons (Fsp3) is 0.300. The molecule has 0 aliphatic rings. The number of pyridine rings is 1. The summed E-state index contributed by atoms with van der Waals surface area (Å²) in [7, 11) is 1.87. The van der Waals surface area contributed by atoms with E-state index in [1.807, 2.05) is 19.2 Å². The van der Waals surface area contributed by atoms with E-state index in [1.54, 1.807) is 12.4 Å². The van der Waals surface area contributed by atoms with Crippen molar-refractivity contribution in [1.82, 2.24) is 4.98 Å². The number of ether oxygens (including phenoxy) is 1. The van der Waals surface area contributed by atoms with Gasteiger partial charge in [0.1, 0.15) is 0 Å². The van der Waals surface area contributed by atoms with Crippen molar-refractivity contribution < 1.29 is 14.3 Å². The van der Waals surface area contributed by atoms with Crippen molar-refractivity contribution in [1.29, 1.82) is 0 Å². The first-order chi connectivity index (χ1) is 7.06. The molecule has 1 N–H and O–H groups in total. The van der Waals surface area contributed by atoms with Gasteiger partial charge in [0.2, 0.25) is 0 Å². The van der Waals surface area contributed by atoms with Crippen LogP contribution in [-0.4, -0.2) is 24.0 Å². The molecule has 0 aliphatic carbocycles. The fourth-order valence-electron chi connectivity index (χ4n) is 0.713. The lowest BCUT2D eigenvalue weighted by Crippen LogP contribution is -2.03. The molecule has 0 aliphatic heterocycles. The Bertz CT molecular complexity index is 300. The van der Waals surface area contributed by atoms with Crippen LogP contribution in [0.15, 0.2) is 24.5 Å². The first-order valence-electron chi connectivity index (χ1n) is 4.33. The van der Waals surface area contributed by atoms with E-state index in [2.05, 4.69) is 15.0 Å². The van der Waals surface area contributed by atoms with Crippen molar-refractivity contribution >= 4 is 17.6 Å². The van der Waals surface area contributed by atoms with Crippen LogP contribution >= 0.6 is 0 Å². The zero-order valence-electron chi connectivity index (χ0n) is 8.98. The maximum atomic E-state index is 9.81. The van der Waals surface area contributed by atoms with Crippen LogP contribution in [0.5, 0.6) is 0 Å². The standard InChI is InChI=1S/C6H8N2.C4H6O3/c1-7-6-3-2-4-8-5-6;1-3(5)7-4(2)6/h2-5,7H,1H3;1-2H3. The second kappa shape index (κ2) is 7.49. The second-order valence-electron chi connectivity index (χ2n) is 2.58. The normalized spacial score (nSPS) is 8.20. The van der Waals surface area contributed by atoms with E-state index in [-0.39, 0.29) is 0 Å². The predicted octanol–water partition coefficient (Wildman–Crippen LogP) is 1.22. The van der Waals surface area contributed by atoms with Gasteiger partial charge < -0.3 is 10.1 Å². The minimum atomic E-state index is -0.562. The monoisotopic (exact) mass is 210 g/mol. The van der Waals surface area contributed by atoms with Gasteiger partial charge in [0.05, 0.1) is 5.69 Å². The number of carbonyl (C=O) groups is 2. The second-order valence-corrected chi connectivity index (χ2v) is 2.58. The van der Waals surface area contributed by atoms with E-state index in [0.29, 0.717) is 0 Å². The Morgan fingerprint density at radius 2 is 1.93 bits per heavy atom. The van der Waals surface area contributed by atoms with E-state index >= 15 is 0 Å². The van der Waals surface area contributed by atoms with Gasteiger partial charge >= 0.3 is 11.9 Å². The van der Waals surface area contributed by atoms with Crippen LogP contribution in [0.2, 0.25) is 0 Å². The van der Waals surface area contributed by atoms with Crippen LogP contribution in [-0.2, 0) is 14.3 Å². The molecule has 0 spiro atoms. The molecule has 5 nitrogen and oxygen atoms in total. The molecule has 0 radical (unpaired) electrons. The lowest BCUT2D eigenvalue weighted by Gasteiger charge is -1.93. The Morgan fingerprint density at radius 1 is 1.33 bits per heavy atom. The van der Waals surface area contributed by atoms with E-state index in [0.717, 1.165) is 5.69 Å². The maximum Gasteiger partial charge on any atom is 0.310 e. The zero-order valence-corrected chi connectivity index (χ0v) is 8.98. The summed E-state index contributed by atoms with van der Waals surface area (Å²) < 4.78 is 3.97. The van der Waals surface area contributed by atoms with Crippen molar-refractivity contribution in [3.63, 3.8) is 0 Å². The number of esters is 2. The quantitative estimate of drug-likeness (QED) is 0.557. The highest BCUT2D eigenvalue weighted by atomic mass is 16.6. The lowest BCUT2D eigenvalue weighted by molar-refractivity contribution is -0.156. The molecule has 1 aromatic heterocycles. The van der Waals surface area contributed by atoms with Crippen LogP contribution in [0, 0.1) is 0 Å². The molecule has 0 atom stereocenters. The predicted molar refractivity (Wildman–Crippen MR) is 56.2 cm³/mol. The Balaban J connectivity index is 0.000000265. The average Bonchev–Trinajstić information content (AvgIpc) is 2.18. The first-order valence-corrected chi connectivity index (χ1v) is 4.33. The molecule has 0 saturated heterocycles. The number of nitrogens with zero attached hydrogens (tertiary/aromatic N) is 1. The molecular formula is C10H14N2O3. The molecule has 0 saturated carbocycles. The summed E-state index contributed by atoms with van der Waals surface area (Å²) in [5.74, 6) is -1.12. The summed E-state index contributed by atoms with van der Waals surface area (Å²) in [6.07, 6.45) is 3.53. The molecular weight excluding hydrogens is 196 g/mol. The summed E-state index contributed by atoms with van der Waals surface area (Å²) in [5.41, 5.74) is 1.05. The SMILES string of the molecule is CC(=O)OC(C)=O.CNc1cccnc1. The van der Waals surface area contributed by atoms with Gasteiger partial charge in [-0.15, -0.1) is 0 Å². The zero-order chi connectivity index (χ0) is 11.7. The Kier molecular flexibility index (Phi) is 6.54. The number of hydrogen-bond donors (Lipinski definition) is 1. The van der Waals surface area contributed by atoms with Crippen LogP contribution in [0.25, 0.3) is 0 Å².